The van der Waals surface area contributed by atoms with Crippen LogP contribution in [-0.4, -0.2) is 21.4 Å². The fourth-order valence-electron chi connectivity index (χ4n) is 2.52. The van der Waals surface area contributed by atoms with Gasteiger partial charge in [-0.05, 0) is 43.7 Å². The summed E-state index contributed by atoms with van der Waals surface area (Å²) in [4.78, 5) is 3.97. The van der Waals surface area contributed by atoms with Gasteiger partial charge in [0, 0.05) is 5.41 Å². The number of hydrogen-bond donors (Lipinski definition) is 0. The first-order valence-electron chi connectivity index (χ1n) is 8.70. The van der Waals surface area contributed by atoms with Gasteiger partial charge in [0.25, 0.3) is 0 Å². The van der Waals surface area contributed by atoms with E-state index in [0.29, 0.717) is 0 Å². The summed E-state index contributed by atoms with van der Waals surface area (Å²) in [6.07, 6.45) is 9.71. The molecule has 2 rings (SSSR count). The number of benzene rings is 1. The molecule has 130 valence electrons. The number of rotatable bonds is 8. The zero-order valence-corrected chi connectivity index (χ0v) is 15.3. The maximum absolute atomic E-state index is 6.03. The summed E-state index contributed by atoms with van der Waals surface area (Å²) in [5, 5.41) is 4.12. The standard InChI is InChI=1S/C20H29N3O/c1-17-10-7-8-12-18(17)11-6-5-9-13-24-19(20(2,3)4)14-23-16-21-15-22-23/h7-8,10,12,14-16H,5-6,9,11,13H2,1-4H3. The van der Waals surface area contributed by atoms with Gasteiger partial charge in [-0.15, -0.1) is 0 Å². The molecule has 0 radical (unpaired) electrons. The number of aryl methyl sites for hydroxylation is 2. The summed E-state index contributed by atoms with van der Waals surface area (Å²) in [6, 6.07) is 8.63. The first kappa shape index (κ1) is 18.2. The zero-order valence-electron chi connectivity index (χ0n) is 15.3. The Morgan fingerprint density at radius 3 is 2.62 bits per heavy atom. The Morgan fingerprint density at radius 2 is 1.96 bits per heavy atom. The molecule has 4 heteroatoms. The van der Waals surface area contributed by atoms with Crippen LogP contribution in [0.5, 0.6) is 0 Å². The molecular weight excluding hydrogens is 298 g/mol. The molecule has 0 atom stereocenters. The van der Waals surface area contributed by atoms with Crippen molar-refractivity contribution in [1.82, 2.24) is 14.8 Å². The molecule has 1 aromatic heterocycles. The summed E-state index contributed by atoms with van der Waals surface area (Å²) < 4.78 is 7.72. The van der Waals surface area contributed by atoms with Crippen molar-refractivity contribution >= 4 is 6.20 Å². The van der Waals surface area contributed by atoms with Gasteiger partial charge in [0.05, 0.1) is 12.8 Å². The van der Waals surface area contributed by atoms with Crippen molar-refractivity contribution in [2.24, 2.45) is 5.41 Å². The fraction of sp³-hybridized carbons (Fsp3) is 0.500. The van der Waals surface area contributed by atoms with Crippen LogP contribution in [-0.2, 0) is 11.2 Å². The minimum Gasteiger partial charge on any atom is -0.496 e. The summed E-state index contributed by atoms with van der Waals surface area (Å²) in [7, 11) is 0. The lowest BCUT2D eigenvalue weighted by atomic mass is 9.94. The molecular formula is C20H29N3O. The number of allylic oxidation sites excluding steroid dienone is 1. The molecule has 0 aliphatic heterocycles. The summed E-state index contributed by atoms with van der Waals surface area (Å²) in [6.45, 7) is 9.37. The Labute approximate surface area is 145 Å². The SMILES string of the molecule is Cc1ccccc1CCCCCOC(=Cn1cncn1)C(C)(C)C. The highest BCUT2D eigenvalue weighted by molar-refractivity contribution is 5.28. The number of aromatic nitrogens is 3. The van der Waals surface area contributed by atoms with E-state index in [9.17, 15) is 0 Å². The van der Waals surface area contributed by atoms with Crippen LogP contribution in [0.2, 0.25) is 0 Å². The zero-order chi connectivity index (χ0) is 17.4. The van der Waals surface area contributed by atoms with Gasteiger partial charge in [-0.1, -0.05) is 45.0 Å². The minimum atomic E-state index is -0.0485. The lowest BCUT2D eigenvalue weighted by Crippen LogP contribution is -2.14. The van der Waals surface area contributed by atoms with Crippen LogP contribution in [0.1, 0.15) is 51.2 Å². The summed E-state index contributed by atoms with van der Waals surface area (Å²) in [5.41, 5.74) is 2.80. The Hall–Kier alpha value is -2.10. The highest BCUT2D eigenvalue weighted by Gasteiger charge is 2.19. The second kappa shape index (κ2) is 8.67. The van der Waals surface area contributed by atoms with Crippen LogP contribution >= 0.6 is 0 Å². The van der Waals surface area contributed by atoms with Gasteiger partial charge in [0.15, 0.2) is 0 Å². The van der Waals surface area contributed by atoms with E-state index >= 15 is 0 Å². The minimum absolute atomic E-state index is 0.0485. The average Bonchev–Trinajstić information content (AvgIpc) is 3.03. The van der Waals surface area contributed by atoms with Crippen LogP contribution in [0, 0.1) is 12.3 Å². The topological polar surface area (TPSA) is 39.9 Å². The van der Waals surface area contributed by atoms with E-state index < -0.39 is 0 Å². The van der Waals surface area contributed by atoms with Crippen molar-refractivity contribution in [1.29, 1.82) is 0 Å². The van der Waals surface area contributed by atoms with Crippen LogP contribution < -0.4 is 0 Å². The molecule has 2 aromatic rings. The lowest BCUT2D eigenvalue weighted by molar-refractivity contribution is 0.150. The predicted molar refractivity (Wildman–Crippen MR) is 98.4 cm³/mol. The van der Waals surface area contributed by atoms with Crippen LogP contribution in [0.4, 0.5) is 0 Å². The van der Waals surface area contributed by atoms with E-state index in [4.69, 9.17) is 4.74 Å². The second-order valence-electron chi connectivity index (χ2n) is 7.20. The predicted octanol–water partition coefficient (Wildman–Crippen LogP) is 4.86. The fourth-order valence-corrected chi connectivity index (χ4v) is 2.52. The number of ether oxygens (including phenoxy) is 1. The second-order valence-corrected chi connectivity index (χ2v) is 7.20. The van der Waals surface area contributed by atoms with Crippen molar-refractivity contribution in [3.8, 4) is 0 Å². The van der Waals surface area contributed by atoms with Crippen LogP contribution in [0.15, 0.2) is 42.7 Å². The molecule has 0 bridgehead atoms. The molecule has 0 unspecified atom stereocenters. The largest absolute Gasteiger partial charge is 0.496 e. The first-order valence-corrected chi connectivity index (χ1v) is 8.70. The Bertz CT molecular complexity index is 639. The van der Waals surface area contributed by atoms with Crippen molar-refractivity contribution in [3.63, 3.8) is 0 Å². The summed E-state index contributed by atoms with van der Waals surface area (Å²) >= 11 is 0. The monoisotopic (exact) mass is 327 g/mol. The molecule has 24 heavy (non-hydrogen) atoms. The van der Waals surface area contributed by atoms with E-state index in [2.05, 4.69) is 62.0 Å². The van der Waals surface area contributed by atoms with Crippen molar-refractivity contribution in [2.45, 2.75) is 53.4 Å². The van der Waals surface area contributed by atoms with Gasteiger partial charge in [-0.3, -0.25) is 0 Å². The molecule has 0 spiro atoms. The molecule has 0 amide bonds. The van der Waals surface area contributed by atoms with Gasteiger partial charge in [0.1, 0.15) is 18.4 Å². The lowest BCUT2D eigenvalue weighted by Gasteiger charge is -2.23. The van der Waals surface area contributed by atoms with Gasteiger partial charge >= 0.3 is 0 Å². The van der Waals surface area contributed by atoms with Gasteiger partial charge in [-0.25, -0.2) is 9.67 Å². The van der Waals surface area contributed by atoms with Crippen molar-refractivity contribution in [2.75, 3.05) is 6.61 Å². The normalized spacial score (nSPS) is 12.4. The number of unbranched alkanes of at least 4 members (excludes halogenated alkanes) is 2. The van der Waals surface area contributed by atoms with E-state index in [1.54, 1.807) is 11.0 Å². The maximum Gasteiger partial charge on any atom is 0.138 e. The van der Waals surface area contributed by atoms with Crippen LogP contribution in [0.3, 0.4) is 0 Å². The quantitative estimate of drug-likeness (QED) is 0.513. The Balaban J connectivity index is 1.74. The van der Waals surface area contributed by atoms with Gasteiger partial charge in [-0.2, -0.15) is 5.10 Å². The third-order valence-electron chi connectivity index (χ3n) is 4.03. The van der Waals surface area contributed by atoms with E-state index in [0.717, 1.165) is 25.2 Å². The van der Waals surface area contributed by atoms with E-state index in [-0.39, 0.29) is 5.41 Å². The molecule has 0 fully saturated rings. The number of hydrogen-bond acceptors (Lipinski definition) is 3. The van der Waals surface area contributed by atoms with E-state index in [1.165, 1.54) is 30.3 Å². The van der Waals surface area contributed by atoms with Crippen molar-refractivity contribution < 1.29 is 4.74 Å². The average molecular weight is 327 g/mol. The Morgan fingerprint density at radius 1 is 1.17 bits per heavy atom. The Kier molecular flexibility index (Phi) is 6.59. The summed E-state index contributed by atoms with van der Waals surface area (Å²) in [5.74, 6) is 0.937. The number of nitrogens with zero attached hydrogens (tertiary/aromatic N) is 3. The molecule has 0 aliphatic rings. The molecule has 0 N–H and O–H groups in total. The van der Waals surface area contributed by atoms with E-state index in [1.807, 2.05) is 6.20 Å². The first-order chi connectivity index (χ1) is 11.5. The highest BCUT2D eigenvalue weighted by Crippen LogP contribution is 2.27. The highest BCUT2D eigenvalue weighted by atomic mass is 16.5. The third-order valence-corrected chi connectivity index (χ3v) is 4.03. The van der Waals surface area contributed by atoms with Crippen LogP contribution in [0.25, 0.3) is 6.20 Å². The third kappa shape index (κ3) is 5.84. The van der Waals surface area contributed by atoms with Crippen molar-refractivity contribution in [3.05, 3.63) is 53.8 Å². The molecule has 1 heterocycles. The molecule has 0 saturated carbocycles. The smallest absolute Gasteiger partial charge is 0.138 e. The molecule has 0 saturated heterocycles. The van der Waals surface area contributed by atoms with Gasteiger partial charge in [0.2, 0.25) is 0 Å². The molecule has 4 nitrogen and oxygen atoms in total. The molecule has 1 aromatic carbocycles. The molecule has 0 aliphatic carbocycles. The van der Waals surface area contributed by atoms with Gasteiger partial charge < -0.3 is 4.74 Å². The maximum atomic E-state index is 6.03.